The van der Waals surface area contributed by atoms with Gasteiger partial charge in [-0.15, -0.1) is 0 Å². The molecule has 128 valence electrons. The largest absolute Gasteiger partial charge is 0.483 e. The van der Waals surface area contributed by atoms with Gasteiger partial charge in [0, 0.05) is 5.69 Å². The van der Waals surface area contributed by atoms with Crippen molar-refractivity contribution in [3.8, 4) is 5.75 Å². The molecule has 0 aliphatic carbocycles. The van der Waals surface area contributed by atoms with Crippen molar-refractivity contribution < 1.29 is 22.7 Å². The average Bonchev–Trinajstić information content (AvgIpc) is 2.49. The molecule has 0 atom stereocenters. The molecule has 1 amide bonds. The van der Waals surface area contributed by atoms with Gasteiger partial charge in [-0.05, 0) is 67.8 Å². The molecule has 0 spiro atoms. The van der Waals surface area contributed by atoms with Crippen LogP contribution >= 0.6 is 0 Å². The Morgan fingerprint density at radius 2 is 1.71 bits per heavy atom. The van der Waals surface area contributed by atoms with E-state index in [1.165, 1.54) is 12.1 Å². The zero-order valence-electron chi connectivity index (χ0n) is 13.6. The number of aryl methyl sites for hydroxylation is 2. The van der Waals surface area contributed by atoms with E-state index < -0.39 is 17.6 Å². The van der Waals surface area contributed by atoms with Crippen LogP contribution in [0.15, 0.2) is 36.4 Å². The van der Waals surface area contributed by atoms with Crippen molar-refractivity contribution in [3.63, 3.8) is 0 Å². The molecule has 0 radical (unpaired) electrons. The number of halogens is 3. The number of benzene rings is 2. The number of amides is 1. The van der Waals surface area contributed by atoms with Gasteiger partial charge in [-0.2, -0.15) is 13.2 Å². The number of hydrogen-bond donors (Lipinski definition) is 1. The van der Waals surface area contributed by atoms with Crippen LogP contribution in [0, 0.1) is 20.8 Å². The first-order valence-electron chi connectivity index (χ1n) is 7.34. The zero-order chi connectivity index (χ0) is 17.9. The summed E-state index contributed by atoms with van der Waals surface area (Å²) in [7, 11) is 0. The van der Waals surface area contributed by atoms with Crippen molar-refractivity contribution in [2.24, 2.45) is 0 Å². The number of ether oxygens (including phenoxy) is 1. The van der Waals surface area contributed by atoms with Crippen LogP contribution in [-0.2, 0) is 11.0 Å². The zero-order valence-corrected chi connectivity index (χ0v) is 13.6. The lowest BCUT2D eigenvalue weighted by molar-refractivity contribution is -0.137. The Hall–Kier alpha value is -2.50. The Labute approximate surface area is 138 Å². The van der Waals surface area contributed by atoms with Crippen LogP contribution in [0.3, 0.4) is 0 Å². The van der Waals surface area contributed by atoms with Gasteiger partial charge in [-0.25, -0.2) is 0 Å². The highest BCUT2D eigenvalue weighted by atomic mass is 19.4. The number of alkyl halides is 3. The first-order valence-corrected chi connectivity index (χ1v) is 7.34. The van der Waals surface area contributed by atoms with E-state index in [1.54, 1.807) is 0 Å². The van der Waals surface area contributed by atoms with E-state index >= 15 is 0 Å². The molecular formula is C18H18F3NO2. The number of carbonyl (C=O) groups excluding carboxylic acids is 1. The van der Waals surface area contributed by atoms with Crippen LogP contribution in [0.5, 0.6) is 5.75 Å². The maximum atomic E-state index is 12.5. The van der Waals surface area contributed by atoms with Gasteiger partial charge < -0.3 is 10.1 Å². The molecule has 0 heterocycles. The van der Waals surface area contributed by atoms with Gasteiger partial charge in [0.2, 0.25) is 0 Å². The van der Waals surface area contributed by atoms with E-state index in [0.29, 0.717) is 5.75 Å². The van der Waals surface area contributed by atoms with Crippen LogP contribution in [0.4, 0.5) is 18.9 Å². The van der Waals surface area contributed by atoms with E-state index in [4.69, 9.17) is 4.74 Å². The van der Waals surface area contributed by atoms with Crippen molar-refractivity contribution in [1.29, 1.82) is 0 Å². The van der Waals surface area contributed by atoms with E-state index in [2.05, 4.69) is 5.32 Å². The summed E-state index contributed by atoms with van der Waals surface area (Å²) < 4.78 is 43.0. The molecule has 24 heavy (non-hydrogen) atoms. The van der Waals surface area contributed by atoms with E-state index in [9.17, 15) is 18.0 Å². The Kier molecular flexibility index (Phi) is 5.17. The minimum absolute atomic E-state index is 0.218. The Morgan fingerprint density at radius 1 is 1.08 bits per heavy atom. The molecule has 0 aromatic heterocycles. The van der Waals surface area contributed by atoms with E-state index in [0.717, 1.165) is 28.8 Å². The summed E-state index contributed by atoms with van der Waals surface area (Å²) in [5, 5.41) is 2.51. The molecule has 0 saturated heterocycles. The molecule has 0 aliphatic rings. The molecule has 0 saturated carbocycles. The smallest absolute Gasteiger partial charge is 0.416 e. The fourth-order valence-corrected chi connectivity index (χ4v) is 2.23. The number of nitrogens with one attached hydrogen (secondary N) is 1. The molecule has 3 nitrogen and oxygen atoms in total. The Morgan fingerprint density at radius 3 is 2.29 bits per heavy atom. The van der Waals surface area contributed by atoms with Crippen molar-refractivity contribution >= 4 is 11.6 Å². The molecular weight excluding hydrogens is 319 g/mol. The molecule has 0 aliphatic heterocycles. The van der Waals surface area contributed by atoms with E-state index in [1.807, 2.05) is 32.9 Å². The van der Waals surface area contributed by atoms with Gasteiger partial charge in [0.1, 0.15) is 5.75 Å². The average molecular weight is 337 g/mol. The van der Waals surface area contributed by atoms with Crippen molar-refractivity contribution in [3.05, 3.63) is 58.7 Å². The lowest BCUT2D eigenvalue weighted by Gasteiger charge is -2.13. The number of anilines is 1. The maximum Gasteiger partial charge on any atom is 0.416 e. The predicted octanol–water partition coefficient (Wildman–Crippen LogP) is 4.65. The van der Waals surface area contributed by atoms with E-state index in [-0.39, 0.29) is 12.3 Å². The summed E-state index contributed by atoms with van der Waals surface area (Å²) in [5.74, 6) is 0.184. The third-order valence-electron chi connectivity index (χ3n) is 3.62. The summed E-state index contributed by atoms with van der Waals surface area (Å²) in [4.78, 5) is 11.9. The Balaban J connectivity index is 1.97. The van der Waals surface area contributed by atoms with Crippen LogP contribution in [-0.4, -0.2) is 12.5 Å². The molecule has 1 N–H and O–H groups in total. The fourth-order valence-electron chi connectivity index (χ4n) is 2.23. The highest BCUT2D eigenvalue weighted by molar-refractivity contribution is 5.91. The van der Waals surface area contributed by atoms with Crippen LogP contribution in [0.25, 0.3) is 0 Å². The van der Waals surface area contributed by atoms with Gasteiger partial charge in [0.05, 0.1) is 5.56 Å². The minimum atomic E-state index is -4.40. The minimum Gasteiger partial charge on any atom is -0.483 e. The number of hydrogen-bond acceptors (Lipinski definition) is 2. The van der Waals surface area contributed by atoms with Crippen LogP contribution in [0.2, 0.25) is 0 Å². The maximum absolute atomic E-state index is 12.5. The van der Waals surface area contributed by atoms with Gasteiger partial charge >= 0.3 is 6.18 Å². The molecule has 0 fully saturated rings. The number of carbonyl (C=O) groups is 1. The van der Waals surface area contributed by atoms with Crippen molar-refractivity contribution in [2.75, 3.05) is 11.9 Å². The molecule has 2 aromatic carbocycles. The number of rotatable bonds is 4. The Bertz CT molecular complexity index is 737. The highest BCUT2D eigenvalue weighted by Gasteiger charge is 2.29. The van der Waals surface area contributed by atoms with Crippen LogP contribution < -0.4 is 10.1 Å². The molecule has 6 heteroatoms. The summed E-state index contributed by atoms with van der Waals surface area (Å²) in [6.07, 6.45) is -4.40. The standard InChI is InChI=1S/C18H18F3NO2/c1-11-8-12(2)13(3)16(9-11)24-10-17(23)22-15-6-4-14(5-7-15)18(19,20)21/h4-9H,10H2,1-3H3,(H,22,23). The highest BCUT2D eigenvalue weighted by Crippen LogP contribution is 2.29. The quantitative estimate of drug-likeness (QED) is 0.882. The van der Waals surface area contributed by atoms with Crippen LogP contribution in [0.1, 0.15) is 22.3 Å². The van der Waals surface area contributed by atoms with Gasteiger partial charge in [-0.1, -0.05) is 6.07 Å². The van der Waals surface area contributed by atoms with Gasteiger partial charge in [-0.3, -0.25) is 4.79 Å². The summed E-state index contributed by atoms with van der Waals surface area (Å²) in [5.41, 5.74) is 2.56. The first kappa shape index (κ1) is 17.8. The third kappa shape index (κ3) is 4.50. The summed E-state index contributed by atoms with van der Waals surface area (Å²) in [6.45, 7) is 5.57. The summed E-state index contributed by atoms with van der Waals surface area (Å²) >= 11 is 0. The van der Waals surface area contributed by atoms with Gasteiger partial charge in [0.15, 0.2) is 6.61 Å². The van der Waals surface area contributed by atoms with Crippen molar-refractivity contribution in [2.45, 2.75) is 26.9 Å². The third-order valence-corrected chi connectivity index (χ3v) is 3.62. The SMILES string of the molecule is Cc1cc(C)c(C)c(OCC(=O)Nc2ccc(C(F)(F)F)cc2)c1. The summed E-state index contributed by atoms with van der Waals surface area (Å²) in [6, 6.07) is 8.12. The first-order chi connectivity index (χ1) is 11.2. The second kappa shape index (κ2) is 6.95. The molecule has 2 aromatic rings. The van der Waals surface area contributed by atoms with Gasteiger partial charge in [0.25, 0.3) is 5.91 Å². The molecule has 0 unspecified atom stereocenters. The topological polar surface area (TPSA) is 38.3 Å². The lowest BCUT2D eigenvalue weighted by Crippen LogP contribution is -2.20. The second-order valence-electron chi connectivity index (χ2n) is 5.62. The molecule has 2 rings (SSSR count). The lowest BCUT2D eigenvalue weighted by atomic mass is 10.1. The normalized spacial score (nSPS) is 11.2. The predicted molar refractivity (Wildman–Crippen MR) is 86.2 cm³/mol. The fraction of sp³-hybridized carbons (Fsp3) is 0.278. The monoisotopic (exact) mass is 337 g/mol. The second-order valence-corrected chi connectivity index (χ2v) is 5.62. The van der Waals surface area contributed by atoms with Crippen molar-refractivity contribution in [1.82, 2.24) is 0 Å². The molecule has 0 bridgehead atoms.